The number of anilines is 3. The number of H-pyrrole nitrogens is 1. The number of fused-ring (bicyclic) bond motifs is 1. The summed E-state index contributed by atoms with van der Waals surface area (Å²) in [6.07, 6.45) is -2.88. The number of aromatic nitrogens is 1. The first-order chi connectivity index (χ1) is 13.7. The zero-order chi connectivity index (χ0) is 20.8. The minimum atomic E-state index is -4.44. The summed E-state index contributed by atoms with van der Waals surface area (Å²) in [4.78, 5) is 17.7. The van der Waals surface area contributed by atoms with Gasteiger partial charge in [-0.1, -0.05) is 24.8 Å². The fourth-order valence-corrected chi connectivity index (χ4v) is 3.50. The maximum absolute atomic E-state index is 13.3. The second kappa shape index (κ2) is 7.08. The number of benzene rings is 2. The molecule has 4 nitrogen and oxygen atoms in total. The number of nitrogens with one attached hydrogen (secondary N) is 1. The van der Waals surface area contributed by atoms with E-state index in [2.05, 4.69) is 20.8 Å². The van der Waals surface area contributed by atoms with E-state index in [1.807, 2.05) is 29.2 Å². The van der Waals surface area contributed by atoms with Gasteiger partial charge in [-0.15, -0.1) is 9.24 Å². The minimum absolute atomic E-state index is 0.237. The number of hydrogen-bond donors (Lipinski definition) is 1. The first kappa shape index (κ1) is 19.3. The zero-order valence-electron chi connectivity index (χ0n) is 15.2. The molecule has 2 aromatic carbocycles. The standard InChI is InChI=1S/C21H17F3N3OP/c1-13-18-8-2-14(21(22,23)24)10-19(18)27(15-3-6-17(29)7-4-15)12-26(13)16-5-9-20(28)25-11-16/h2-11H,1,12,29H2,(H,25,28). The van der Waals surface area contributed by atoms with Gasteiger partial charge in [-0.2, -0.15) is 13.2 Å². The highest BCUT2D eigenvalue weighted by molar-refractivity contribution is 7.27. The van der Waals surface area contributed by atoms with Crippen LogP contribution in [0.5, 0.6) is 0 Å². The molecule has 0 radical (unpaired) electrons. The van der Waals surface area contributed by atoms with Crippen molar-refractivity contribution in [2.45, 2.75) is 6.18 Å². The van der Waals surface area contributed by atoms with Crippen LogP contribution in [0.25, 0.3) is 5.70 Å². The van der Waals surface area contributed by atoms with Crippen LogP contribution >= 0.6 is 9.24 Å². The Hall–Kier alpha value is -3.05. The van der Waals surface area contributed by atoms with E-state index in [0.717, 1.165) is 23.1 Å². The molecule has 1 aromatic heterocycles. The summed E-state index contributed by atoms with van der Waals surface area (Å²) in [5.41, 5.74) is 2.06. The Kier molecular flexibility index (Phi) is 4.71. The molecule has 29 heavy (non-hydrogen) atoms. The van der Waals surface area contributed by atoms with E-state index in [0.29, 0.717) is 22.6 Å². The van der Waals surface area contributed by atoms with Crippen molar-refractivity contribution in [1.82, 2.24) is 4.98 Å². The van der Waals surface area contributed by atoms with Crippen molar-refractivity contribution in [2.75, 3.05) is 16.5 Å². The molecule has 0 spiro atoms. The Morgan fingerprint density at radius 2 is 1.66 bits per heavy atom. The third-order valence-corrected chi connectivity index (χ3v) is 5.20. The van der Waals surface area contributed by atoms with Crippen LogP contribution in [0.1, 0.15) is 11.1 Å². The molecule has 0 aliphatic carbocycles. The summed E-state index contributed by atoms with van der Waals surface area (Å²) >= 11 is 0. The zero-order valence-corrected chi connectivity index (χ0v) is 16.4. The summed E-state index contributed by atoms with van der Waals surface area (Å²) in [6.45, 7) is 4.34. The summed E-state index contributed by atoms with van der Waals surface area (Å²) in [5, 5.41) is 0.969. The molecule has 1 unspecified atom stereocenters. The first-order valence-corrected chi connectivity index (χ1v) is 9.31. The lowest BCUT2D eigenvalue weighted by molar-refractivity contribution is -0.137. The van der Waals surface area contributed by atoms with Crippen LogP contribution < -0.4 is 20.7 Å². The summed E-state index contributed by atoms with van der Waals surface area (Å²) < 4.78 is 40.0. The summed E-state index contributed by atoms with van der Waals surface area (Å²) in [7, 11) is 2.58. The van der Waals surface area contributed by atoms with Crippen LogP contribution in [0.3, 0.4) is 0 Å². The van der Waals surface area contributed by atoms with E-state index in [4.69, 9.17) is 0 Å². The monoisotopic (exact) mass is 415 g/mol. The Labute approximate surface area is 167 Å². The van der Waals surface area contributed by atoms with E-state index in [1.165, 1.54) is 12.1 Å². The molecule has 0 saturated heterocycles. The van der Waals surface area contributed by atoms with Crippen molar-refractivity contribution in [3.63, 3.8) is 0 Å². The van der Waals surface area contributed by atoms with Gasteiger partial charge in [0.05, 0.1) is 16.9 Å². The highest BCUT2D eigenvalue weighted by atomic mass is 31.0. The normalized spacial score (nSPS) is 14.1. The van der Waals surface area contributed by atoms with Gasteiger partial charge in [-0.3, -0.25) is 4.79 Å². The van der Waals surface area contributed by atoms with Gasteiger partial charge in [0.2, 0.25) is 5.56 Å². The number of nitrogens with zero attached hydrogens (tertiary/aromatic N) is 2. The van der Waals surface area contributed by atoms with Gasteiger partial charge < -0.3 is 14.8 Å². The van der Waals surface area contributed by atoms with E-state index in [9.17, 15) is 18.0 Å². The van der Waals surface area contributed by atoms with Gasteiger partial charge in [0.1, 0.15) is 6.67 Å². The third-order valence-electron chi connectivity index (χ3n) is 4.82. The average molecular weight is 415 g/mol. The predicted molar refractivity (Wildman–Crippen MR) is 113 cm³/mol. The molecule has 1 aliphatic heterocycles. The molecule has 2 heterocycles. The average Bonchev–Trinajstić information content (AvgIpc) is 2.69. The quantitative estimate of drug-likeness (QED) is 0.628. The van der Waals surface area contributed by atoms with Crippen molar-refractivity contribution in [3.05, 3.63) is 88.9 Å². The second-order valence-corrected chi connectivity index (χ2v) is 7.34. The molecule has 8 heteroatoms. The molecular formula is C21H17F3N3OP. The maximum atomic E-state index is 13.3. The predicted octanol–water partition coefficient (Wildman–Crippen LogP) is 4.48. The second-order valence-electron chi connectivity index (χ2n) is 6.68. The highest BCUT2D eigenvalue weighted by Gasteiger charge is 2.34. The maximum Gasteiger partial charge on any atom is 0.416 e. The number of halogens is 3. The minimum Gasteiger partial charge on any atom is -0.327 e. The molecule has 4 rings (SSSR count). The number of aromatic amines is 1. The van der Waals surface area contributed by atoms with Crippen LogP contribution in [0.4, 0.5) is 30.2 Å². The SMILES string of the molecule is C=C1c2ccc(C(F)(F)F)cc2N(c2ccc(P)cc2)CN1c1ccc(=O)[nH]c1. The molecule has 0 saturated carbocycles. The van der Waals surface area contributed by atoms with Crippen molar-refractivity contribution >= 4 is 37.3 Å². The van der Waals surface area contributed by atoms with Crippen molar-refractivity contribution in [2.24, 2.45) is 0 Å². The lowest BCUT2D eigenvalue weighted by atomic mass is 10.0. The van der Waals surface area contributed by atoms with Crippen molar-refractivity contribution in [1.29, 1.82) is 0 Å². The number of pyridine rings is 1. The lowest BCUT2D eigenvalue weighted by Crippen LogP contribution is -2.39. The van der Waals surface area contributed by atoms with Gasteiger partial charge in [-0.05, 0) is 35.6 Å². The molecular weight excluding hydrogens is 398 g/mol. The number of alkyl halides is 3. The highest BCUT2D eigenvalue weighted by Crippen LogP contribution is 2.43. The molecule has 1 N–H and O–H groups in total. The molecule has 0 amide bonds. The van der Waals surface area contributed by atoms with Gasteiger partial charge in [0.25, 0.3) is 0 Å². The Morgan fingerprint density at radius 3 is 2.28 bits per heavy atom. The van der Waals surface area contributed by atoms with Crippen LogP contribution in [0.15, 0.2) is 72.2 Å². The van der Waals surface area contributed by atoms with E-state index >= 15 is 0 Å². The first-order valence-electron chi connectivity index (χ1n) is 8.74. The van der Waals surface area contributed by atoms with Gasteiger partial charge in [-0.25, -0.2) is 0 Å². The number of rotatable bonds is 2. The fourth-order valence-electron chi connectivity index (χ4n) is 3.31. The van der Waals surface area contributed by atoms with E-state index in [-0.39, 0.29) is 12.2 Å². The summed E-state index contributed by atoms with van der Waals surface area (Å²) in [5.74, 6) is 0. The van der Waals surface area contributed by atoms with E-state index < -0.39 is 11.7 Å². The molecule has 1 aliphatic rings. The van der Waals surface area contributed by atoms with Gasteiger partial charge in [0.15, 0.2) is 0 Å². The summed E-state index contributed by atoms with van der Waals surface area (Å²) in [6, 6.07) is 14.2. The lowest BCUT2D eigenvalue weighted by Gasteiger charge is -2.41. The molecule has 0 fully saturated rings. The van der Waals surface area contributed by atoms with Crippen molar-refractivity contribution < 1.29 is 13.2 Å². The smallest absolute Gasteiger partial charge is 0.327 e. The molecule has 0 bridgehead atoms. The van der Waals surface area contributed by atoms with Crippen molar-refractivity contribution in [3.8, 4) is 0 Å². The molecule has 3 aromatic rings. The third kappa shape index (κ3) is 3.66. The Bertz CT molecular complexity index is 1120. The topological polar surface area (TPSA) is 39.3 Å². The van der Waals surface area contributed by atoms with Crippen LogP contribution in [0, 0.1) is 0 Å². The molecule has 148 valence electrons. The van der Waals surface area contributed by atoms with Crippen LogP contribution in [-0.2, 0) is 6.18 Å². The van der Waals surface area contributed by atoms with Gasteiger partial charge in [0, 0.05) is 29.2 Å². The largest absolute Gasteiger partial charge is 0.416 e. The van der Waals surface area contributed by atoms with Crippen LogP contribution in [-0.4, -0.2) is 11.7 Å². The Balaban J connectivity index is 1.87. The fraction of sp³-hybridized carbons (Fsp3) is 0.0952. The van der Waals surface area contributed by atoms with Crippen LogP contribution in [0.2, 0.25) is 0 Å². The number of hydrogen-bond acceptors (Lipinski definition) is 3. The van der Waals surface area contributed by atoms with Gasteiger partial charge >= 0.3 is 6.18 Å². The Morgan fingerprint density at radius 1 is 0.966 bits per heavy atom. The molecule has 1 atom stereocenters. The van der Waals surface area contributed by atoms with E-state index in [1.54, 1.807) is 17.2 Å².